The summed E-state index contributed by atoms with van der Waals surface area (Å²) in [4.78, 5) is 3.26. The summed E-state index contributed by atoms with van der Waals surface area (Å²) >= 11 is 0. The molecule has 2 nitrogen and oxygen atoms in total. The minimum absolute atomic E-state index is 0.403. The molecule has 0 amide bonds. The van der Waals surface area contributed by atoms with E-state index in [1.165, 1.54) is 29.3 Å². The van der Waals surface area contributed by atoms with E-state index in [9.17, 15) is 0 Å². The maximum Gasteiger partial charge on any atom is 0.0456 e. The smallest absolute Gasteiger partial charge is 0.0456 e. The molecule has 3 rings (SSSR count). The second-order valence-electron chi connectivity index (χ2n) is 4.61. The lowest BCUT2D eigenvalue weighted by Gasteiger charge is -2.13. The van der Waals surface area contributed by atoms with Gasteiger partial charge >= 0.3 is 0 Å². The predicted molar refractivity (Wildman–Crippen MR) is 63.0 cm³/mol. The number of aromatic nitrogens is 1. The molecular weight excluding hydrogens is 184 g/mol. The van der Waals surface area contributed by atoms with Gasteiger partial charge in [-0.3, -0.25) is 0 Å². The van der Waals surface area contributed by atoms with Crippen molar-refractivity contribution in [3.63, 3.8) is 0 Å². The topological polar surface area (TPSA) is 27.8 Å². The molecule has 1 saturated carbocycles. The Morgan fingerprint density at radius 2 is 2.20 bits per heavy atom. The van der Waals surface area contributed by atoms with Crippen LogP contribution >= 0.6 is 0 Å². The zero-order valence-corrected chi connectivity index (χ0v) is 9.01. The second-order valence-corrected chi connectivity index (χ2v) is 4.61. The van der Waals surface area contributed by atoms with Gasteiger partial charge in [-0.15, -0.1) is 0 Å². The summed E-state index contributed by atoms with van der Waals surface area (Å²) in [6.07, 6.45) is 5.77. The van der Waals surface area contributed by atoms with Crippen molar-refractivity contribution < 1.29 is 0 Å². The van der Waals surface area contributed by atoms with Gasteiger partial charge in [0.2, 0.25) is 0 Å². The highest BCUT2D eigenvalue weighted by Crippen LogP contribution is 2.38. The van der Waals surface area contributed by atoms with Gasteiger partial charge in [0.1, 0.15) is 0 Å². The molecule has 0 atom stereocenters. The van der Waals surface area contributed by atoms with Crippen molar-refractivity contribution in [1.29, 1.82) is 0 Å². The molecule has 0 unspecified atom stereocenters. The first-order valence-electron chi connectivity index (χ1n) is 5.56. The van der Waals surface area contributed by atoms with E-state index in [1.807, 2.05) is 6.20 Å². The zero-order chi connectivity index (χ0) is 10.3. The number of hydrogen-bond donors (Lipinski definition) is 2. The fourth-order valence-corrected chi connectivity index (χ4v) is 2.26. The van der Waals surface area contributed by atoms with Crippen molar-refractivity contribution in [2.24, 2.45) is 0 Å². The molecule has 1 aliphatic carbocycles. The summed E-state index contributed by atoms with van der Waals surface area (Å²) in [6.45, 7) is 0. The first-order valence-corrected chi connectivity index (χ1v) is 5.56. The molecule has 2 N–H and O–H groups in total. The van der Waals surface area contributed by atoms with Crippen molar-refractivity contribution in [3.05, 3.63) is 36.0 Å². The van der Waals surface area contributed by atoms with E-state index < -0.39 is 0 Å². The predicted octanol–water partition coefficient (Wildman–Crippen LogP) is 2.46. The van der Waals surface area contributed by atoms with Crippen molar-refractivity contribution in [2.45, 2.75) is 24.8 Å². The van der Waals surface area contributed by atoms with Crippen LogP contribution in [0.4, 0.5) is 0 Å². The third-order valence-electron chi connectivity index (χ3n) is 3.55. The molecule has 0 saturated heterocycles. The van der Waals surface area contributed by atoms with E-state index in [1.54, 1.807) is 0 Å². The van der Waals surface area contributed by atoms with Crippen LogP contribution in [0.25, 0.3) is 10.9 Å². The molecule has 0 spiro atoms. The summed E-state index contributed by atoms with van der Waals surface area (Å²) in [6, 6.07) is 8.83. The highest BCUT2D eigenvalue weighted by molar-refractivity contribution is 5.79. The molecule has 1 aliphatic rings. The van der Waals surface area contributed by atoms with Crippen LogP contribution in [0.5, 0.6) is 0 Å². The zero-order valence-electron chi connectivity index (χ0n) is 9.01. The second kappa shape index (κ2) is 3.11. The third kappa shape index (κ3) is 1.55. The first-order chi connectivity index (χ1) is 7.31. The molecule has 0 aliphatic heterocycles. The number of likely N-dealkylation sites (N-methyl/N-ethyl adjacent to an activating group) is 1. The van der Waals surface area contributed by atoms with Crippen LogP contribution in [0.15, 0.2) is 30.5 Å². The summed E-state index contributed by atoms with van der Waals surface area (Å²) in [7, 11) is 2.07. The molecule has 1 aromatic heterocycles. The Balaban J connectivity index is 1.91. The van der Waals surface area contributed by atoms with Crippen molar-refractivity contribution in [2.75, 3.05) is 7.05 Å². The van der Waals surface area contributed by atoms with E-state index in [4.69, 9.17) is 0 Å². The van der Waals surface area contributed by atoms with E-state index in [-0.39, 0.29) is 0 Å². The van der Waals surface area contributed by atoms with Crippen LogP contribution in [0.1, 0.15) is 18.4 Å². The standard InChI is InChI=1S/C13H16N2/c1-14-13(5-6-13)9-10-2-3-11-4-7-15-12(11)8-10/h2-4,7-8,14-15H,5-6,9H2,1H3. The average Bonchev–Trinajstić information content (AvgIpc) is 2.88. The van der Waals surface area contributed by atoms with E-state index in [0.717, 1.165) is 6.42 Å². The molecule has 2 heteroatoms. The first kappa shape index (κ1) is 8.98. The molecule has 0 bridgehead atoms. The number of H-pyrrole nitrogens is 1. The van der Waals surface area contributed by atoms with E-state index >= 15 is 0 Å². The van der Waals surface area contributed by atoms with Crippen molar-refractivity contribution in [1.82, 2.24) is 10.3 Å². The number of hydrogen-bond acceptors (Lipinski definition) is 1. The maximum atomic E-state index is 3.43. The van der Waals surface area contributed by atoms with Gasteiger partial charge < -0.3 is 10.3 Å². The largest absolute Gasteiger partial charge is 0.361 e. The van der Waals surface area contributed by atoms with Gasteiger partial charge in [-0.1, -0.05) is 12.1 Å². The molecule has 1 heterocycles. The van der Waals surface area contributed by atoms with Gasteiger partial charge in [0.25, 0.3) is 0 Å². The van der Waals surface area contributed by atoms with Crippen LogP contribution in [0.3, 0.4) is 0 Å². The number of fused-ring (bicyclic) bond motifs is 1. The molecule has 2 aromatic rings. The molecule has 78 valence electrons. The third-order valence-corrected chi connectivity index (χ3v) is 3.55. The van der Waals surface area contributed by atoms with E-state index in [2.05, 4.69) is 41.6 Å². The average molecular weight is 200 g/mol. The molecule has 1 aromatic carbocycles. The fourth-order valence-electron chi connectivity index (χ4n) is 2.26. The summed E-state index contributed by atoms with van der Waals surface area (Å²) in [5, 5.41) is 4.73. The van der Waals surface area contributed by atoms with Crippen LogP contribution in [-0.4, -0.2) is 17.6 Å². The Morgan fingerprint density at radius 3 is 2.93 bits per heavy atom. The van der Waals surface area contributed by atoms with E-state index in [0.29, 0.717) is 5.54 Å². The summed E-state index contributed by atoms with van der Waals surface area (Å²) < 4.78 is 0. The monoisotopic (exact) mass is 200 g/mol. The van der Waals surface area contributed by atoms with Crippen molar-refractivity contribution >= 4 is 10.9 Å². The van der Waals surface area contributed by atoms with Crippen LogP contribution in [0.2, 0.25) is 0 Å². The van der Waals surface area contributed by atoms with Gasteiger partial charge in [0, 0.05) is 17.3 Å². The molecule has 15 heavy (non-hydrogen) atoms. The lowest BCUT2D eigenvalue weighted by molar-refractivity contribution is 0.549. The minimum Gasteiger partial charge on any atom is -0.361 e. The summed E-state index contributed by atoms with van der Waals surface area (Å²) in [5.41, 5.74) is 3.08. The molecule has 1 fully saturated rings. The number of rotatable bonds is 3. The maximum absolute atomic E-state index is 3.43. The van der Waals surface area contributed by atoms with Crippen LogP contribution in [0, 0.1) is 0 Å². The lowest BCUT2D eigenvalue weighted by Crippen LogP contribution is -2.29. The van der Waals surface area contributed by atoms with Gasteiger partial charge in [0.05, 0.1) is 0 Å². The fraction of sp³-hybridized carbons (Fsp3) is 0.385. The van der Waals surface area contributed by atoms with Crippen molar-refractivity contribution in [3.8, 4) is 0 Å². The number of aromatic amines is 1. The minimum atomic E-state index is 0.403. The highest BCUT2D eigenvalue weighted by atomic mass is 15.0. The Morgan fingerprint density at radius 1 is 1.33 bits per heavy atom. The quantitative estimate of drug-likeness (QED) is 0.782. The normalized spacial score (nSPS) is 18.2. The van der Waals surface area contributed by atoms with Gasteiger partial charge in [-0.05, 0) is 49.4 Å². The van der Waals surface area contributed by atoms with Gasteiger partial charge in [-0.25, -0.2) is 0 Å². The Hall–Kier alpha value is -1.28. The Kier molecular flexibility index (Phi) is 1.86. The summed E-state index contributed by atoms with van der Waals surface area (Å²) in [5.74, 6) is 0. The van der Waals surface area contributed by atoms with Crippen LogP contribution in [-0.2, 0) is 6.42 Å². The van der Waals surface area contributed by atoms with Crippen LogP contribution < -0.4 is 5.32 Å². The lowest BCUT2D eigenvalue weighted by atomic mass is 10.0. The highest BCUT2D eigenvalue weighted by Gasteiger charge is 2.40. The van der Waals surface area contributed by atoms with Gasteiger partial charge in [-0.2, -0.15) is 0 Å². The Labute approximate surface area is 89.7 Å². The molecular formula is C13H16N2. The Bertz CT molecular complexity index is 480. The number of nitrogens with one attached hydrogen (secondary N) is 2. The van der Waals surface area contributed by atoms with Gasteiger partial charge in [0.15, 0.2) is 0 Å². The SMILES string of the molecule is CNC1(Cc2ccc3cc[nH]c3c2)CC1. The molecule has 0 radical (unpaired) electrons. The number of benzene rings is 1.